The summed E-state index contributed by atoms with van der Waals surface area (Å²) >= 11 is 0. The zero-order valence-corrected chi connectivity index (χ0v) is 8.14. The van der Waals surface area contributed by atoms with Gasteiger partial charge in [-0.3, -0.25) is 0 Å². The molecule has 0 saturated heterocycles. The molecule has 0 fully saturated rings. The van der Waals surface area contributed by atoms with Gasteiger partial charge in [0.05, 0.1) is 5.56 Å². The Morgan fingerprint density at radius 2 is 2.07 bits per heavy atom. The number of aryl methyl sites for hydroxylation is 1. The Bertz CT molecular complexity index is 326. The van der Waals surface area contributed by atoms with E-state index in [1.165, 1.54) is 6.07 Å². The second-order valence-corrected chi connectivity index (χ2v) is 3.19. The third-order valence-electron chi connectivity index (χ3n) is 1.96. The highest BCUT2D eigenvalue weighted by Gasteiger charge is 2.15. The van der Waals surface area contributed by atoms with Crippen molar-refractivity contribution in [2.75, 3.05) is 7.05 Å². The molecule has 0 spiro atoms. The summed E-state index contributed by atoms with van der Waals surface area (Å²) in [5, 5.41) is 12.3. The molecule has 14 heavy (non-hydrogen) atoms. The van der Waals surface area contributed by atoms with Crippen LogP contribution in [0.25, 0.3) is 0 Å². The van der Waals surface area contributed by atoms with Gasteiger partial charge in [0.15, 0.2) is 0 Å². The first-order valence-electron chi connectivity index (χ1n) is 4.31. The predicted octanol–water partition coefficient (Wildman–Crippen LogP) is 2.36. The first-order chi connectivity index (χ1) is 6.56. The number of benzene rings is 1. The molecule has 1 rings (SSSR count). The van der Waals surface area contributed by atoms with Crippen molar-refractivity contribution in [3.63, 3.8) is 0 Å². The fourth-order valence-corrected chi connectivity index (χ4v) is 1.38. The normalized spacial score (nSPS) is 10.9. The van der Waals surface area contributed by atoms with Crippen molar-refractivity contribution in [2.24, 2.45) is 0 Å². The number of aromatic hydroxyl groups is 1. The van der Waals surface area contributed by atoms with E-state index in [-0.39, 0.29) is 11.3 Å². The summed E-state index contributed by atoms with van der Waals surface area (Å²) in [7, 11) is 1.70. The Morgan fingerprint density at radius 3 is 2.57 bits per heavy atom. The molecule has 2 N–H and O–H groups in total. The van der Waals surface area contributed by atoms with Crippen molar-refractivity contribution < 1.29 is 13.9 Å². The number of hydrogen-bond donors (Lipinski definition) is 2. The van der Waals surface area contributed by atoms with E-state index in [0.717, 1.165) is 5.56 Å². The largest absolute Gasteiger partial charge is 0.507 e. The van der Waals surface area contributed by atoms with Crippen LogP contribution in [0, 0.1) is 6.92 Å². The molecule has 0 aliphatic rings. The number of rotatable bonds is 3. The second-order valence-electron chi connectivity index (χ2n) is 3.19. The molecule has 1 aromatic carbocycles. The molecule has 1 aromatic rings. The van der Waals surface area contributed by atoms with Crippen molar-refractivity contribution in [3.8, 4) is 5.75 Å². The van der Waals surface area contributed by atoms with Crippen molar-refractivity contribution in [1.82, 2.24) is 5.32 Å². The molecule has 0 heterocycles. The number of alkyl halides is 2. The van der Waals surface area contributed by atoms with Crippen molar-refractivity contribution in [2.45, 2.75) is 19.9 Å². The lowest BCUT2D eigenvalue weighted by molar-refractivity contribution is 0.147. The van der Waals surface area contributed by atoms with Crippen LogP contribution < -0.4 is 5.32 Å². The van der Waals surface area contributed by atoms with E-state index in [0.29, 0.717) is 12.1 Å². The van der Waals surface area contributed by atoms with E-state index >= 15 is 0 Å². The highest BCUT2D eigenvalue weighted by atomic mass is 19.3. The lowest BCUT2D eigenvalue weighted by Crippen LogP contribution is -2.06. The van der Waals surface area contributed by atoms with Crippen LogP contribution in [0.4, 0.5) is 8.78 Å². The summed E-state index contributed by atoms with van der Waals surface area (Å²) in [6.07, 6.45) is -2.63. The van der Waals surface area contributed by atoms with Crippen molar-refractivity contribution in [1.29, 1.82) is 0 Å². The van der Waals surface area contributed by atoms with Crippen LogP contribution in [0.2, 0.25) is 0 Å². The van der Waals surface area contributed by atoms with Gasteiger partial charge in [-0.1, -0.05) is 11.6 Å². The van der Waals surface area contributed by atoms with Crippen LogP contribution in [0.5, 0.6) is 5.75 Å². The van der Waals surface area contributed by atoms with Gasteiger partial charge in [-0.05, 0) is 20.0 Å². The third kappa shape index (κ3) is 2.20. The molecular formula is C10H13F2NO. The maximum Gasteiger partial charge on any atom is 0.267 e. The van der Waals surface area contributed by atoms with Gasteiger partial charge in [0.25, 0.3) is 6.43 Å². The Kier molecular flexibility index (Phi) is 3.41. The Hall–Kier alpha value is -1.16. The zero-order chi connectivity index (χ0) is 10.7. The minimum Gasteiger partial charge on any atom is -0.507 e. The topological polar surface area (TPSA) is 32.3 Å². The minimum atomic E-state index is -2.63. The van der Waals surface area contributed by atoms with E-state index < -0.39 is 6.43 Å². The number of nitrogens with one attached hydrogen (secondary N) is 1. The zero-order valence-electron chi connectivity index (χ0n) is 8.14. The van der Waals surface area contributed by atoms with Crippen LogP contribution in [-0.4, -0.2) is 12.2 Å². The van der Waals surface area contributed by atoms with Crippen LogP contribution in [0.15, 0.2) is 12.1 Å². The summed E-state index contributed by atoms with van der Waals surface area (Å²) in [6, 6.07) is 3.00. The van der Waals surface area contributed by atoms with Crippen molar-refractivity contribution in [3.05, 3.63) is 28.8 Å². The fraction of sp³-hybridized carbons (Fsp3) is 0.400. The van der Waals surface area contributed by atoms with Crippen LogP contribution in [0.1, 0.15) is 23.1 Å². The quantitative estimate of drug-likeness (QED) is 0.786. The first kappa shape index (κ1) is 10.9. The molecule has 2 nitrogen and oxygen atoms in total. The summed E-state index contributed by atoms with van der Waals surface area (Å²) in [5.74, 6) is -0.306. The highest BCUT2D eigenvalue weighted by molar-refractivity contribution is 5.44. The maximum absolute atomic E-state index is 12.4. The van der Waals surface area contributed by atoms with Crippen LogP contribution in [-0.2, 0) is 6.54 Å². The summed E-state index contributed by atoms with van der Waals surface area (Å²) in [6.45, 7) is 2.11. The van der Waals surface area contributed by atoms with E-state index in [2.05, 4.69) is 5.32 Å². The smallest absolute Gasteiger partial charge is 0.267 e. The molecular weight excluding hydrogens is 188 g/mol. The molecule has 0 aliphatic carbocycles. The maximum atomic E-state index is 12.4. The molecule has 0 atom stereocenters. The monoisotopic (exact) mass is 201 g/mol. The summed E-state index contributed by atoms with van der Waals surface area (Å²) in [5.41, 5.74) is 0.932. The molecule has 0 aromatic heterocycles. The number of hydrogen-bond acceptors (Lipinski definition) is 2. The average molecular weight is 201 g/mol. The Labute approximate surface area is 81.6 Å². The van der Waals surface area contributed by atoms with Gasteiger partial charge < -0.3 is 10.4 Å². The summed E-state index contributed by atoms with van der Waals surface area (Å²) < 4.78 is 24.9. The van der Waals surface area contributed by atoms with E-state index in [1.54, 1.807) is 20.0 Å². The Morgan fingerprint density at radius 1 is 1.43 bits per heavy atom. The lowest BCUT2D eigenvalue weighted by Gasteiger charge is -2.10. The standard InChI is InChI=1S/C10H13F2NO/c1-6-3-7(5-13-2)9(14)8(4-6)10(11)12/h3-4,10,13-14H,5H2,1-2H3. The minimum absolute atomic E-state index is 0.296. The van der Waals surface area contributed by atoms with Crippen LogP contribution in [0.3, 0.4) is 0 Å². The third-order valence-corrected chi connectivity index (χ3v) is 1.96. The number of phenolic OH excluding ortho intramolecular Hbond substituents is 1. The molecule has 0 bridgehead atoms. The highest BCUT2D eigenvalue weighted by Crippen LogP contribution is 2.32. The molecule has 78 valence electrons. The van der Waals surface area contributed by atoms with Gasteiger partial charge in [0.2, 0.25) is 0 Å². The van der Waals surface area contributed by atoms with Crippen LogP contribution >= 0.6 is 0 Å². The van der Waals surface area contributed by atoms with Gasteiger partial charge in [-0.15, -0.1) is 0 Å². The van der Waals surface area contributed by atoms with E-state index in [1.807, 2.05) is 0 Å². The number of halogens is 2. The Balaban J connectivity index is 3.18. The SMILES string of the molecule is CNCc1cc(C)cc(C(F)F)c1O. The molecule has 0 amide bonds. The van der Waals surface area contributed by atoms with Crippen molar-refractivity contribution >= 4 is 0 Å². The molecule has 0 radical (unpaired) electrons. The predicted molar refractivity (Wildman–Crippen MR) is 50.6 cm³/mol. The van der Waals surface area contributed by atoms with E-state index in [4.69, 9.17) is 0 Å². The molecule has 0 unspecified atom stereocenters. The van der Waals surface area contributed by atoms with Gasteiger partial charge in [0, 0.05) is 12.1 Å². The molecule has 0 saturated carbocycles. The average Bonchev–Trinajstić information content (AvgIpc) is 2.10. The van der Waals surface area contributed by atoms with Gasteiger partial charge >= 0.3 is 0 Å². The fourth-order valence-electron chi connectivity index (χ4n) is 1.38. The molecule has 4 heteroatoms. The van der Waals surface area contributed by atoms with Gasteiger partial charge in [-0.25, -0.2) is 8.78 Å². The van der Waals surface area contributed by atoms with E-state index in [9.17, 15) is 13.9 Å². The van der Waals surface area contributed by atoms with Gasteiger partial charge in [0.1, 0.15) is 5.75 Å². The summed E-state index contributed by atoms with van der Waals surface area (Å²) in [4.78, 5) is 0. The first-order valence-corrected chi connectivity index (χ1v) is 4.31. The lowest BCUT2D eigenvalue weighted by atomic mass is 10.0. The van der Waals surface area contributed by atoms with Gasteiger partial charge in [-0.2, -0.15) is 0 Å². The second kappa shape index (κ2) is 4.37. The number of phenols is 1. The molecule has 0 aliphatic heterocycles.